The van der Waals surface area contributed by atoms with Gasteiger partial charge in [0.25, 0.3) is 0 Å². The minimum Gasteiger partial charge on any atom is -0.389 e. The maximum absolute atomic E-state index is 9.53. The number of nitrogens with one attached hydrogen (secondary N) is 1. The molecule has 1 saturated heterocycles. The molecule has 1 aliphatic rings. The first-order chi connectivity index (χ1) is 4.64. The Hall–Kier alpha value is -0.120. The molecule has 1 aliphatic heterocycles. The lowest BCUT2D eigenvalue weighted by Crippen LogP contribution is -2.50. The van der Waals surface area contributed by atoms with Crippen molar-refractivity contribution in [3.63, 3.8) is 0 Å². The molecule has 0 aromatic carbocycles. The van der Waals surface area contributed by atoms with E-state index < -0.39 is 5.60 Å². The van der Waals surface area contributed by atoms with Crippen LogP contribution in [0.15, 0.2) is 0 Å². The number of hydrogen-bond donors (Lipinski definition) is 2. The van der Waals surface area contributed by atoms with Gasteiger partial charge in [-0.15, -0.1) is 0 Å². The zero-order valence-electron chi connectivity index (χ0n) is 6.55. The van der Waals surface area contributed by atoms with Crippen LogP contribution in [-0.2, 0) is 4.74 Å². The Kier molecular flexibility index (Phi) is 2.28. The van der Waals surface area contributed by atoms with Crippen molar-refractivity contribution in [2.45, 2.75) is 25.0 Å². The quantitative estimate of drug-likeness (QED) is 0.534. The van der Waals surface area contributed by atoms with Gasteiger partial charge in [0, 0.05) is 26.6 Å². The fraction of sp³-hybridized carbons (Fsp3) is 1.00. The van der Waals surface area contributed by atoms with Crippen LogP contribution in [0.1, 0.15) is 13.3 Å². The van der Waals surface area contributed by atoms with E-state index in [0.717, 1.165) is 13.0 Å². The van der Waals surface area contributed by atoms with Crippen LogP contribution >= 0.6 is 0 Å². The molecule has 2 N–H and O–H groups in total. The summed E-state index contributed by atoms with van der Waals surface area (Å²) in [6.45, 7) is 3.35. The maximum atomic E-state index is 9.53. The Morgan fingerprint density at radius 3 is 2.80 bits per heavy atom. The molecular weight excluding hydrogens is 130 g/mol. The van der Waals surface area contributed by atoms with Crippen LogP contribution in [0.3, 0.4) is 0 Å². The van der Waals surface area contributed by atoms with Crippen LogP contribution in [0.4, 0.5) is 0 Å². The largest absolute Gasteiger partial charge is 0.389 e. The van der Waals surface area contributed by atoms with Crippen molar-refractivity contribution in [2.24, 2.45) is 0 Å². The SMILES string of the molecule is CO[C@@H]1CNC[C@](C)(O)C1. The Labute approximate surface area is 61.4 Å². The maximum Gasteiger partial charge on any atom is 0.0768 e. The normalized spacial score (nSPS) is 41.7. The molecule has 0 saturated carbocycles. The molecule has 0 amide bonds. The number of piperidine rings is 1. The summed E-state index contributed by atoms with van der Waals surface area (Å²) in [6, 6.07) is 0. The van der Waals surface area contributed by atoms with Gasteiger partial charge < -0.3 is 15.2 Å². The topological polar surface area (TPSA) is 41.5 Å². The van der Waals surface area contributed by atoms with E-state index in [9.17, 15) is 5.11 Å². The van der Waals surface area contributed by atoms with E-state index in [2.05, 4.69) is 5.32 Å². The van der Waals surface area contributed by atoms with Crippen molar-refractivity contribution >= 4 is 0 Å². The smallest absolute Gasteiger partial charge is 0.0768 e. The van der Waals surface area contributed by atoms with E-state index in [-0.39, 0.29) is 6.10 Å². The van der Waals surface area contributed by atoms with Crippen LogP contribution in [-0.4, -0.2) is 37.0 Å². The van der Waals surface area contributed by atoms with Crippen molar-refractivity contribution in [1.82, 2.24) is 5.32 Å². The molecule has 0 aromatic rings. The number of β-amino-alcohol motifs (C(OH)–C–C–N with tert-alkyl or cyclic N) is 1. The lowest BCUT2D eigenvalue weighted by atomic mass is 9.95. The molecule has 0 unspecified atom stereocenters. The third kappa shape index (κ3) is 1.94. The molecule has 0 aliphatic carbocycles. The fourth-order valence-corrected chi connectivity index (χ4v) is 1.30. The molecule has 1 rings (SSSR count). The van der Waals surface area contributed by atoms with Gasteiger partial charge in [-0.05, 0) is 6.92 Å². The van der Waals surface area contributed by atoms with Gasteiger partial charge in [-0.3, -0.25) is 0 Å². The summed E-state index contributed by atoms with van der Waals surface area (Å²) in [4.78, 5) is 0. The monoisotopic (exact) mass is 145 g/mol. The van der Waals surface area contributed by atoms with Crippen LogP contribution in [0.25, 0.3) is 0 Å². The Balaban J connectivity index is 2.40. The zero-order valence-corrected chi connectivity index (χ0v) is 6.55. The Morgan fingerprint density at radius 1 is 1.70 bits per heavy atom. The highest BCUT2D eigenvalue weighted by molar-refractivity contribution is 4.85. The van der Waals surface area contributed by atoms with E-state index in [4.69, 9.17) is 4.74 Å². The van der Waals surface area contributed by atoms with Crippen molar-refractivity contribution in [1.29, 1.82) is 0 Å². The molecular formula is C7H15NO2. The molecule has 3 nitrogen and oxygen atoms in total. The Bertz CT molecular complexity index is 114. The number of methoxy groups -OCH3 is 1. The molecule has 0 aromatic heterocycles. The van der Waals surface area contributed by atoms with Gasteiger partial charge in [0.15, 0.2) is 0 Å². The van der Waals surface area contributed by atoms with Crippen LogP contribution in [0, 0.1) is 0 Å². The average Bonchev–Trinajstić information content (AvgIpc) is 1.86. The first kappa shape index (κ1) is 7.98. The average molecular weight is 145 g/mol. The highest BCUT2D eigenvalue weighted by Gasteiger charge is 2.29. The number of hydrogen-bond acceptors (Lipinski definition) is 3. The summed E-state index contributed by atoms with van der Waals surface area (Å²) < 4.78 is 5.10. The van der Waals surface area contributed by atoms with E-state index >= 15 is 0 Å². The summed E-state index contributed by atoms with van der Waals surface area (Å²) in [7, 11) is 1.67. The third-order valence-corrected chi connectivity index (χ3v) is 1.88. The molecule has 0 bridgehead atoms. The second-order valence-electron chi connectivity index (χ2n) is 3.19. The zero-order chi connectivity index (χ0) is 7.61. The van der Waals surface area contributed by atoms with Gasteiger partial charge in [-0.2, -0.15) is 0 Å². The minimum atomic E-state index is -0.584. The Morgan fingerprint density at radius 2 is 2.40 bits per heavy atom. The highest BCUT2D eigenvalue weighted by atomic mass is 16.5. The highest BCUT2D eigenvalue weighted by Crippen LogP contribution is 2.16. The fourth-order valence-electron chi connectivity index (χ4n) is 1.30. The van der Waals surface area contributed by atoms with Gasteiger partial charge in [-0.1, -0.05) is 0 Å². The van der Waals surface area contributed by atoms with Crippen LogP contribution < -0.4 is 5.32 Å². The number of aliphatic hydroxyl groups is 1. The molecule has 2 atom stereocenters. The lowest BCUT2D eigenvalue weighted by molar-refractivity contribution is -0.0349. The van der Waals surface area contributed by atoms with Crippen molar-refractivity contribution in [2.75, 3.05) is 20.2 Å². The molecule has 0 spiro atoms. The summed E-state index contributed by atoms with van der Waals surface area (Å²) in [5.41, 5.74) is -0.584. The van der Waals surface area contributed by atoms with Crippen molar-refractivity contribution in [3.05, 3.63) is 0 Å². The van der Waals surface area contributed by atoms with E-state index in [1.54, 1.807) is 7.11 Å². The van der Waals surface area contributed by atoms with E-state index in [1.165, 1.54) is 0 Å². The van der Waals surface area contributed by atoms with Gasteiger partial charge in [0.2, 0.25) is 0 Å². The molecule has 3 heteroatoms. The van der Waals surface area contributed by atoms with Crippen molar-refractivity contribution in [3.8, 4) is 0 Å². The predicted octanol–water partition coefficient (Wildman–Crippen LogP) is -0.254. The first-order valence-corrected chi connectivity index (χ1v) is 3.60. The molecule has 1 fully saturated rings. The van der Waals surface area contributed by atoms with Crippen LogP contribution in [0.2, 0.25) is 0 Å². The van der Waals surface area contributed by atoms with Gasteiger partial charge in [-0.25, -0.2) is 0 Å². The molecule has 60 valence electrons. The van der Waals surface area contributed by atoms with Crippen LogP contribution in [0.5, 0.6) is 0 Å². The van der Waals surface area contributed by atoms with Gasteiger partial charge >= 0.3 is 0 Å². The lowest BCUT2D eigenvalue weighted by Gasteiger charge is -2.33. The molecule has 0 radical (unpaired) electrons. The summed E-state index contributed by atoms with van der Waals surface area (Å²) in [5, 5.41) is 12.6. The van der Waals surface area contributed by atoms with Gasteiger partial charge in [0.05, 0.1) is 11.7 Å². The second-order valence-corrected chi connectivity index (χ2v) is 3.19. The standard InChI is InChI=1S/C7H15NO2/c1-7(9)3-6(10-2)4-8-5-7/h6,8-9H,3-5H2,1-2H3/t6-,7+/m0/s1. The molecule has 1 heterocycles. The van der Waals surface area contributed by atoms with E-state index in [0.29, 0.717) is 6.54 Å². The number of ether oxygens (including phenoxy) is 1. The minimum absolute atomic E-state index is 0.170. The van der Waals surface area contributed by atoms with Gasteiger partial charge in [0.1, 0.15) is 0 Å². The summed E-state index contributed by atoms with van der Waals surface area (Å²) in [5.74, 6) is 0. The molecule has 10 heavy (non-hydrogen) atoms. The third-order valence-electron chi connectivity index (χ3n) is 1.88. The van der Waals surface area contributed by atoms with E-state index in [1.807, 2.05) is 6.92 Å². The number of rotatable bonds is 1. The first-order valence-electron chi connectivity index (χ1n) is 3.60. The second kappa shape index (κ2) is 2.86. The van der Waals surface area contributed by atoms with Crippen molar-refractivity contribution < 1.29 is 9.84 Å². The summed E-state index contributed by atoms with van der Waals surface area (Å²) in [6.07, 6.45) is 0.903. The predicted molar refractivity (Wildman–Crippen MR) is 38.9 cm³/mol. The summed E-state index contributed by atoms with van der Waals surface area (Å²) >= 11 is 0.